The van der Waals surface area contributed by atoms with Crippen LogP contribution in [0.4, 0.5) is 0 Å². The largest absolute Gasteiger partial charge is 0.481 e. The lowest BCUT2D eigenvalue weighted by atomic mass is 10.1. The van der Waals surface area contributed by atoms with E-state index in [1.807, 2.05) is 12.1 Å². The number of hydrogen-bond acceptors (Lipinski definition) is 3. The van der Waals surface area contributed by atoms with Crippen LogP contribution in [0.1, 0.15) is 18.6 Å². The van der Waals surface area contributed by atoms with Gasteiger partial charge in [-0.3, -0.25) is 9.59 Å². The maximum Gasteiger partial charge on any atom is 0.308 e. The van der Waals surface area contributed by atoms with E-state index in [9.17, 15) is 9.59 Å². The molecule has 0 aliphatic carbocycles. The van der Waals surface area contributed by atoms with E-state index in [1.165, 1.54) is 0 Å². The molecule has 0 spiro atoms. The predicted octanol–water partition coefficient (Wildman–Crippen LogP) is 1.15. The third-order valence-corrected chi connectivity index (χ3v) is 3.00. The molecule has 0 aromatic carbocycles. The van der Waals surface area contributed by atoms with E-state index in [-0.39, 0.29) is 12.3 Å². The van der Waals surface area contributed by atoms with Gasteiger partial charge in [0.15, 0.2) is 0 Å². The summed E-state index contributed by atoms with van der Waals surface area (Å²) in [6.07, 6.45) is 3.33. The molecule has 5 heteroatoms. The second kappa shape index (κ2) is 5.03. The first-order chi connectivity index (χ1) is 8.16. The zero-order valence-electron chi connectivity index (χ0n) is 9.46. The van der Waals surface area contributed by atoms with Gasteiger partial charge in [0.05, 0.1) is 12.2 Å². The lowest BCUT2D eigenvalue weighted by molar-refractivity contribution is -0.141. The van der Waals surface area contributed by atoms with Crippen LogP contribution in [0.25, 0.3) is 0 Å². The van der Waals surface area contributed by atoms with Gasteiger partial charge in [-0.2, -0.15) is 0 Å². The third kappa shape index (κ3) is 2.87. The Kier molecular flexibility index (Phi) is 3.46. The Balaban J connectivity index is 1.76. The number of carboxylic acid groups (broad SMARTS) is 1. The normalized spacial score (nSPS) is 19.9. The molecule has 2 rings (SSSR count). The van der Waals surface area contributed by atoms with Crippen LogP contribution in [0.5, 0.6) is 0 Å². The summed E-state index contributed by atoms with van der Waals surface area (Å²) in [4.78, 5) is 23.9. The first kappa shape index (κ1) is 11.7. The number of hydrogen-bond donors (Lipinski definition) is 1. The van der Waals surface area contributed by atoms with Gasteiger partial charge in [0, 0.05) is 25.9 Å². The maximum atomic E-state index is 11.5. The molecule has 0 saturated carbocycles. The van der Waals surface area contributed by atoms with Gasteiger partial charge in [0.25, 0.3) is 0 Å². The highest BCUT2D eigenvalue weighted by atomic mass is 16.4. The average molecular weight is 237 g/mol. The molecule has 0 radical (unpaired) electrons. The fourth-order valence-electron chi connectivity index (χ4n) is 2.05. The van der Waals surface area contributed by atoms with Crippen molar-refractivity contribution in [2.45, 2.75) is 19.3 Å². The van der Waals surface area contributed by atoms with Gasteiger partial charge in [0.1, 0.15) is 5.76 Å². The second-order valence-corrected chi connectivity index (χ2v) is 4.26. The number of likely N-dealkylation sites (tertiary alicyclic amines) is 1. The van der Waals surface area contributed by atoms with Crippen molar-refractivity contribution in [3.05, 3.63) is 24.2 Å². The van der Waals surface area contributed by atoms with E-state index in [1.54, 1.807) is 11.2 Å². The van der Waals surface area contributed by atoms with Gasteiger partial charge in [-0.15, -0.1) is 0 Å². The van der Waals surface area contributed by atoms with Crippen LogP contribution in [0.2, 0.25) is 0 Å². The summed E-state index contributed by atoms with van der Waals surface area (Å²) in [7, 11) is 0. The van der Waals surface area contributed by atoms with E-state index >= 15 is 0 Å². The van der Waals surface area contributed by atoms with Gasteiger partial charge in [0.2, 0.25) is 5.91 Å². The summed E-state index contributed by atoms with van der Waals surface area (Å²) >= 11 is 0. The Bertz CT molecular complexity index is 399. The SMILES string of the molecule is O=C(O)C1CC(=O)N(CCCc2ccco2)C1. The number of aryl methyl sites for hydroxylation is 1. The van der Waals surface area contributed by atoms with Crippen LogP contribution >= 0.6 is 0 Å². The average Bonchev–Trinajstić information content (AvgIpc) is 2.89. The maximum absolute atomic E-state index is 11.5. The molecule has 0 bridgehead atoms. The van der Waals surface area contributed by atoms with E-state index in [2.05, 4.69) is 0 Å². The van der Waals surface area contributed by atoms with Crippen molar-refractivity contribution in [1.29, 1.82) is 0 Å². The van der Waals surface area contributed by atoms with Gasteiger partial charge < -0.3 is 14.4 Å². The number of nitrogens with zero attached hydrogens (tertiary/aromatic N) is 1. The van der Waals surface area contributed by atoms with Crippen molar-refractivity contribution in [3.63, 3.8) is 0 Å². The number of aliphatic carboxylic acids is 1. The van der Waals surface area contributed by atoms with Gasteiger partial charge in [-0.05, 0) is 18.6 Å². The van der Waals surface area contributed by atoms with Crippen molar-refractivity contribution >= 4 is 11.9 Å². The monoisotopic (exact) mass is 237 g/mol. The zero-order valence-corrected chi connectivity index (χ0v) is 9.46. The van der Waals surface area contributed by atoms with E-state index in [0.717, 1.165) is 18.6 Å². The lowest BCUT2D eigenvalue weighted by Crippen LogP contribution is -2.27. The highest BCUT2D eigenvalue weighted by Gasteiger charge is 2.33. The molecule has 1 aliphatic rings. The smallest absolute Gasteiger partial charge is 0.308 e. The summed E-state index contributed by atoms with van der Waals surface area (Å²) in [5, 5.41) is 8.83. The van der Waals surface area contributed by atoms with E-state index < -0.39 is 11.9 Å². The summed E-state index contributed by atoms with van der Waals surface area (Å²) in [5.74, 6) is -0.582. The highest BCUT2D eigenvalue weighted by molar-refractivity contribution is 5.86. The second-order valence-electron chi connectivity index (χ2n) is 4.26. The Morgan fingerprint density at radius 3 is 3.00 bits per heavy atom. The topological polar surface area (TPSA) is 70.8 Å². The summed E-state index contributed by atoms with van der Waals surface area (Å²) in [6, 6.07) is 3.72. The summed E-state index contributed by atoms with van der Waals surface area (Å²) in [6.45, 7) is 0.940. The molecule has 1 N–H and O–H groups in total. The fraction of sp³-hybridized carbons (Fsp3) is 0.500. The number of carboxylic acids is 1. The Morgan fingerprint density at radius 2 is 2.41 bits per heavy atom. The Morgan fingerprint density at radius 1 is 1.59 bits per heavy atom. The quantitative estimate of drug-likeness (QED) is 0.833. The minimum Gasteiger partial charge on any atom is -0.481 e. The van der Waals surface area contributed by atoms with Crippen LogP contribution in [-0.2, 0) is 16.0 Å². The summed E-state index contributed by atoms with van der Waals surface area (Å²) < 4.78 is 5.19. The van der Waals surface area contributed by atoms with Crippen molar-refractivity contribution in [2.24, 2.45) is 5.92 Å². The van der Waals surface area contributed by atoms with Crippen molar-refractivity contribution in [1.82, 2.24) is 4.90 Å². The number of carbonyl (C=O) groups is 2. The minimum absolute atomic E-state index is 0.0585. The highest BCUT2D eigenvalue weighted by Crippen LogP contribution is 2.18. The molecule has 1 amide bonds. The molecule has 1 aliphatic heterocycles. The van der Waals surface area contributed by atoms with Crippen LogP contribution < -0.4 is 0 Å². The van der Waals surface area contributed by atoms with E-state index in [0.29, 0.717) is 13.1 Å². The van der Waals surface area contributed by atoms with Gasteiger partial charge in [-0.25, -0.2) is 0 Å². The molecular formula is C12H15NO4. The van der Waals surface area contributed by atoms with Crippen LogP contribution in [0, 0.1) is 5.92 Å². The fourth-order valence-corrected chi connectivity index (χ4v) is 2.05. The van der Waals surface area contributed by atoms with Gasteiger partial charge in [-0.1, -0.05) is 0 Å². The molecule has 5 nitrogen and oxygen atoms in total. The number of furan rings is 1. The zero-order chi connectivity index (χ0) is 12.3. The molecule has 1 aromatic rings. The van der Waals surface area contributed by atoms with Crippen LogP contribution in [0.3, 0.4) is 0 Å². The van der Waals surface area contributed by atoms with Crippen molar-refractivity contribution in [3.8, 4) is 0 Å². The standard InChI is InChI=1S/C12H15NO4/c14-11-7-9(12(15)16)8-13(11)5-1-3-10-4-2-6-17-10/h2,4,6,9H,1,3,5,7-8H2,(H,15,16). The lowest BCUT2D eigenvalue weighted by Gasteiger charge is -2.15. The molecule has 1 fully saturated rings. The van der Waals surface area contributed by atoms with Gasteiger partial charge >= 0.3 is 5.97 Å². The molecule has 2 heterocycles. The van der Waals surface area contributed by atoms with Crippen LogP contribution in [-0.4, -0.2) is 35.0 Å². The molecule has 1 atom stereocenters. The molecule has 92 valence electrons. The first-order valence-electron chi connectivity index (χ1n) is 5.70. The number of rotatable bonds is 5. The van der Waals surface area contributed by atoms with Crippen molar-refractivity contribution < 1.29 is 19.1 Å². The molecular weight excluding hydrogens is 222 g/mol. The number of amides is 1. The number of carbonyl (C=O) groups excluding carboxylic acids is 1. The molecule has 1 saturated heterocycles. The third-order valence-electron chi connectivity index (χ3n) is 3.00. The Hall–Kier alpha value is -1.78. The molecule has 1 aromatic heterocycles. The van der Waals surface area contributed by atoms with Crippen LogP contribution in [0.15, 0.2) is 22.8 Å². The van der Waals surface area contributed by atoms with Crippen molar-refractivity contribution in [2.75, 3.05) is 13.1 Å². The summed E-state index contributed by atoms with van der Waals surface area (Å²) in [5.41, 5.74) is 0. The first-order valence-corrected chi connectivity index (χ1v) is 5.70. The molecule has 17 heavy (non-hydrogen) atoms. The van der Waals surface area contributed by atoms with E-state index in [4.69, 9.17) is 9.52 Å². The Labute approximate surface area is 99.0 Å². The molecule has 1 unspecified atom stereocenters. The minimum atomic E-state index is -0.883. The predicted molar refractivity (Wildman–Crippen MR) is 59.4 cm³/mol.